The van der Waals surface area contributed by atoms with Gasteiger partial charge in [0, 0.05) is 42.6 Å². The van der Waals surface area contributed by atoms with Crippen LogP contribution in [0.3, 0.4) is 0 Å². The minimum Gasteiger partial charge on any atom is -0.343 e. The summed E-state index contributed by atoms with van der Waals surface area (Å²) in [4.78, 5) is 26.3. The number of benzene rings is 1. The van der Waals surface area contributed by atoms with Crippen molar-refractivity contribution in [2.24, 2.45) is 5.92 Å². The summed E-state index contributed by atoms with van der Waals surface area (Å²) in [6.07, 6.45) is 5.33. The zero-order chi connectivity index (χ0) is 16.9. The van der Waals surface area contributed by atoms with Crippen LogP contribution in [-0.4, -0.2) is 42.3 Å². The van der Waals surface area contributed by atoms with Crippen molar-refractivity contribution >= 4 is 35.7 Å². The van der Waals surface area contributed by atoms with E-state index in [9.17, 15) is 9.59 Å². The average Bonchev–Trinajstić information content (AvgIpc) is 3.43. The molecule has 2 aliphatic rings. The summed E-state index contributed by atoms with van der Waals surface area (Å²) in [6.45, 7) is 2.74. The van der Waals surface area contributed by atoms with Crippen LogP contribution in [0.1, 0.15) is 48.9 Å². The summed E-state index contributed by atoms with van der Waals surface area (Å²) in [6, 6.07) is 7.38. The zero-order valence-electron chi connectivity index (χ0n) is 14.4. The number of nitrogens with zero attached hydrogens (tertiary/aromatic N) is 1. The van der Waals surface area contributed by atoms with Gasteiger partial charge in [-0.15, -0.1) is 12.4 Å². The van der Waals surface area contributed by atoms with Gasteiger partial charge in [0.25, 0.3) is 0 Å². The van der Waals surface area contributed by atoms with Gasteiger partial charge in [-0.2, -0.15) is 0 Å². The highest BCUT2D eigenvalue weighted by molar-refractivity contribution is 6.30. The minimum atomic E-state index is 0. The summed E-state index contributed by atoms with van der Waals surface area (Å²) in [5.74, 6) is 0.988. The summed E-state index contributed by atoms with van der Waals surface area (Å²) in [5, 5.41) is 4.23. The number of halogens is 2. The van der Waals surface area contributed by atoms with Crippen molar-refractivity contribution in [1.82, 2.24) is 10.2 Å². The van der Waals surface area contributed by atoms with Gasteiger partial charge in [0.2, 0.25) is 5.91 Å². The normalized spacial score (nSPS) is 17.9. The van der Waals surface area contributed by atoms with Crippen molar-refractivity contribution in [2.75, 3.05) is 19.6 Å². The fourth-order valence-corrected chi connectivity index (χ4v) is 3.27. The van der Waals surface area contributed by atoms with E-state index in [2.05, 4.69) is 5.32 Å². The molecular weight excluding hydrogens is 359 g/mol. The maximum absolute atomic E-state index is 12.3. The Bertz CT molecular complexity index is 580. The van der Waals surface area contributed by atoms with E-state index in [0.29, 0.717) is 23.0 Å². The van der Waals surface area contributed by atoms with E-state index in [0.717, 1.165) is 38.4 Å². The van der Waals surface area contributed by atoms with Crippen LogP contribution in [0.15, 0.2) is 24.3 Å². The number of ketones is 1. The number of carbonyl (C=O) groups excluding carboxylic acids is 2. The predicted molar refractivity (Wildman–Crippen MR) is 103 cm³/mol. The molecule has 1 saturated carbocycles. The fraction of sp³-hybridized carbons (Fsp3) is 0.579. The Morgan fingerprint density at radius 2 is 1.68 bits per heavy atom. The molecule has 1 amide bonds. The number of Topliss-reactive ketones (excluding diaryl/α,β-unsaturated/α-hetero) is 1. The third-order valence-corrected chi connectivity index (χ3v) is 5.22. The van der Waals surface area contributed by atoms with Crippen LogP contribution < -0.4 is 5.32 Å². The van der Waals surface area contributed by atoms with Crippen LogP contribution in [0.25, 0.3) is 0 Å². The van der Waals surface area contributed by atoms with Gasteiger partial charge in [-0.3, -0.25) is 9.59 Å². The number of piperidine rings is 1. The number of amides is 1. The summed E-state index contributed by atoms with van der Waals surface area (Å²) < 4.78 is 0. The molecule has 25 heavy (non-hydrogen) atoms. The zero-order valence-corrected chi connectivity index (χ0v) is 16.0. The molecule has 0 unspecified atom stereocenters. The van der Waals surface area contributed by atoms with E-state index in [-0.39, 0.29) is 30.5 Å². The molecule has 1 aliphatic carbocycles. The van der Waals surface area contributed by atoms with Gasteiger partial charge in [0.05, 0.1) is 0 Å². The Balaban J connectivity index is 0.00000225. The van der Waals surface area contributed by atoms with Gasteiger partial charge in [-0.1, -0.05) is 11.6 Å². The highest BCUT2D eigenvalue weighted by atomic mass is 35.5. The van der Waals surface area contributed by atoms with Gasteiger partial charge in [-0.05, 0) is 62.4 Å². The molecule has 1 aromatic carbocycles. The third-order valence-electron chi connectivity index (χ3n) is 4.97. The maximum Gasteiger partial charge on any atom is 0.223 e. The standard InChI is InChI=1S/C19H25ClN2O2.ClH/c20-16-5-3-15(4-6-16)18(23)7-8-19(24)22-11-9-17(10-12-22)21-13-14-1-2-14;/h3-6,14,17,21H,1-2,7-13H2;1H. The number of hydrogen-bond donors (Lipinski definition) is 1. The Labute approximate surface area is 160 Å². The summed E-state index contributed by atoms with van der Waals surface area (Å²) in [5.41, 5.74) is 0.621. The van der Waals surface area contributed by atoms with E-state index < -0.39 is 0 Å². The van der Waals surface area contributed by atoms with Crippen LogP contribution in [0.2, 0.25) is 5.02 Å². The van der Waals surface area contributed by atoms with Crippen LogP contribution in [0.4, 0.5) is 0 Å². The molecule has 0 spiro atoms. The highest BCUT2D eigenvalue weighted by Crippen LogP contribution is 2.28. The quantitative estimate of drug-likeness (QED) is 0.728. The second-order valence-electron chi connectivity index (χ2n) is 6.94. The molecule has 0 atom stereocenters. The van der Waals surface area contributed by atoms with E-state index in [1.165, 1.54) is 12.8 Å². The van der Waals surface area contributed by atoms with Gasteiger partial charge in [0.15, 0.2) is 5.78 Å². The Kier molecular flexibility index (Phi) is 7.73. The second-order valence-corrected chi connectivity index (χ2v) is 7.37. The maximum atomic E-state index is 12.3. The Morgan fingerprint density at radius 3 is 2.28 bits per heavy atom. The van der Waals surface area contributed by atoms with E-state index in [1.807, 2.05) is 4.90 Å². The molecular formula is C19H26Cl2N2O2. The number of nitrogens with one attached hydrogen (secondary N) is 1. The number of likely N-dealkylation sites (tertiary alicyclic amines) is 1. The first-order chi connectivity index (χ1) is 11.6. The van der Waals surface area contributed by atoms with E-state index >= 15 is 0 Å². The Morgan fingerprint density at radius 1 is 1.04 bits per heavy atom. The van der Waals surface area contributed by atoms with Crippen molar-refractivity contribution in [3.63, 3.8) is 0 Å². The lowest BCUT2D eigenvalue weighted by Gasteiger charge is -2.32. The fourth-order valence-electron chi connectivity index (χ4n) is 3.15. The molecule has 1 aromatic rings. The third kappa shape index (κ3) is 6.28. The topological polar surface area (TPSA) is 49.4 Å². The van der Waals surface area contributed by atoms with Crippen LogP contribution in [0.5, 0.6) is 0 Å². The highest BCUT2D eigenvalue weighted by Gasteiger charge is 2.26. The summed E-state index contributed by atoms with van der Waals surface area (Å²) in [7, 11) is 0. The number of rotatable bonds is 7. The largest absolute Gasteiger partial charge is 0.343 e. The van der Waals surface area contributed by atoms with E-state index in [1.54, 1.807) is 24.3 Å². The first-order valence-corrected chi connectivity index (χ1v) is 9.29. The smallest absolute Gasteiger partial charge is 0.223 e. The van der Waals surface area contributed by atoms with Crippen LogP contribution in [-0.2, 0) is 4.79 Å². The van der Waals surface area contributed by atoms with Gasteiger partial charge in [0.1, 0.15) is 0 Å². The van der Waals surface area contributed by atoms with Crippen molar-refractivity contribution in [2.45, 2.75) is 44.6 Å². The molecule has 6 heteroatoms. The lowest BCUT2D eigenvalue weighted by Crippen LogP contribution is -2.45. The van der Waals surface area contributed by atoms with Crippen molar-refractivity contribution < 1.29 is 9.59 Å². The molecule has 3 rings (SSSR count). The van der Waals surface area contributed by atoms with Gasteiger partial charge >= 0.3 is 0 Å². The molecule has 1 heterocycles. The van der Waals surface area contributed by atoms with E-state index in [4.69, 9.17) is 11.6 Å². The SMILES string of the molecule is Cl.O=C(CCC(=O)N1CCC(NCC2CC2)CC1)c1ccc(Cl)cc1. The van der Waals surface area contributed by atoms with Gasteiger partial charge in [-0.25, -0.2) is 0 Å². The minimum absolute atomic E-state index is 0. The molecule has 2 fully saturated rings. The molecule has 4 nitrogen and oxygen atoms in total. The molecule has 0 aromatic heterocycles. The van der Waals surface area contributed by atoms with Crippen molar-refractivity contribution in [3.8, 4) is 0 Å². The predicted octanol–water partition coefficient (Wildman–Crippen LogP) is 3.72. The first-order valence-electron chi connectivity index (χ1n) is 8.92. The molecule has 1 saturated heterocycles. The van der Waals surface area contributed by atoms with Gasteiger partial charge < -0.3 is 10.2 Å². The van der Waals surface area contributed by atoms with Crippen molar-refractivity contribution in [1.29, 1.82) is 0 Å². The molecule has 1 N–H and O–H groups in total. The Hall–Kier alpha value is -1.10. The molecule has 138 valence electrons. The lowest BCUT2D eigenvalue weighted by atomic mass is 10.0. The van der Waals surface area contributed by atoms with Crippen LogP contribution in [0, 0.1) is 5.92 Å². The molecule has 0 bridgehead atoms. The monoisotopic (exact) mass is 384 g/mol. The first kappa shape index (κ1) is 20.2. The summed E-state index contributed by atoms with van der Waals surface area (Å²) >= 11 is 5.82. The molecule has 1 aliphatic heterocycles. The second kappa shape index (κ2) is 9.56. The number of hydrogen-bond acceptors (Lipinski definition) is 3. The van der Waals surface area contributed by atoms with Crippen molar-refractivity contribution in [3.05, 3.63) is 34.9 Å². The van der Waals surface area contributed by atoms with Crippen LogP contribution >= 0.6 is 24.0 Å². The molecule has 0 radical (unpaired) electrons. The number of carbonyl (C=O) groups is 2. The lowest BCUT2D eigenvalue weighted by molar-refractivity contribution is -0.132. The average molecular weight is 385 g/mol.